The molecule has 1 atom stereocenters. The summed E-state index contributed by atoms with van der Waals surface area (Å²) in [4.78, 5) is 36.7. The van der Waals surface area contributed by atoms with Crippen molar-refractivity contribution in [2.75, 3.05) is 26.2 Å². The number of nitrogens with one attached hydrogen (secondary N) is 1. The van der Waals surface area contributed by atoms with E-state index in [1.54, 1.807) is 12.1 Å². The average molecular weight is 441 g/mol. The molecule has 7 heteroatoms. The molecule has 1 aromatic carbocycles. The predicted molar refractivity (Wildman–Crippen MR) is 122 cm³/mol. The van der Waals surface area contributed by atoms with Gasteiger partial charge in [-0.15, -0.1) is 0 Å². The summed E-state index contributed by atoms with van der Waals surface area (Å²) >= 11 is 0. The topological polar surface area (TPSA) is 69.3 Å². The molecule has 4 rings (SSSR count). The van der Waals surface area contributed by atoms with Crippen LogP contribution in [0.3, 0.4) is 0 Å². The predicted octanol–water partition coefficient (Wildman–Crippen LogP) is 3.65. The summed E-state index contributed by atoms with van der Waals surface area (Å²) in [5.74, 6) is 1.10. The van der Waals surface area contributed by atoms with Crippen LogP contribution in [0.1, 0.15) is 68.4 Å². The molecule has 0 unspecified atom stereocenters. The third-order valence-corrected chi connectivity index (χ3v) is 6.74. The quantitative estimate of drug-likeness (QED) is 0.771. The molecule has 0 aliphatic carbocycles. The van der Waals surface area contributed by atoms with Crippen LogP contribution in [0.4, 0.5) is 4.39 Å². The summed E-state index contributed by atoms with van der Waals surface area (Å²) in [5.41, 5.74) is 1.43. The van der Waals surface area contributed by atoms with Gasteiger partial charge in [-0.25, -0.2) is 9.37 Å². The molecule has 3 heterocycles. The highest BCUT2D eigenvalue weighted by Crippen LogP contribution is 2.29. The lowest BCUT2D eigenvalue weighted by atomic mass is 9.92. The first-order valence-electron chi connectivity index (χ1n) is 11.8. The normalized spacial score (nSPS) is 20.6. The number of piperidine rings is 2. The molecule has 1 N–H and O–H groups in total. The van der Waals surface area contributed by atoms with Gasteiger partial charge >= 0.3 is 0 Å². The number of carbonyl (C=O) groups excluding carboxylic acids is 1. The van der Waals surface area contributed by atoms with Crippen LogP contribution in [-0.4, -0.2) is 51.9 Å². The lowest BCUT2D eigenvalue weighted by molar-refractivity contribution is -0.135. The maximum atomic E-state index is 14.1. The van der Waals surface area contributed by atoms with Gasteiger partial charge in [-0.2, -0.15) is 0 Å². The van der Waals surface area contributed by atoms with Crippen LogP contribution < -0.4 is 5.56 Å². The Labute approximate surface area is 188 Å². The molecule has 2 aliphatic rings. The Bertz CT molecular complexity index is 997. The number of hydrogen-bond acceptors (Lipinski definition) is 4. The Morgan fingerprint density at radius 3 is 2.62 bits per heavy atom. The van der Waals surface area contributed by atoms with Crippen LogP contribution >= 0.6 is 0 Å². The van der Waals surface area contributed by atoms with E-state index in [9.17, 15) is 14.0 Å². The lowest BCUT2D eigenvalue weighted by Crippen LogP contribution is -2.40. The highest BCUT2D eigenvalue weighted by atomic mass is 19.1. The zero-order chi connectivity index (χ0) is 22.7. The first-order valence-corrected chi connectivity index (χ1v) is 11.8. The van der Waals surface area contributed by atoms with Crippen LogP contribution in [0.15, 0.2) is 35.1 Å². The van der Waals surface area contributed by atoms with Crippen LogP contribution in [0.2, 0.25) is 0 Å². The molecule has 2 aromatic rings. The molecule has 0 spiro atoms. The van der Waals surface area contributed by atoms with Crippen LogP contribution in [-0.2, 0) is 11.3 Å². The number of aromatic amines is 1. The zero-order valence-corrected chi connectivity index (χ0v) is 19.0. The van der Waals surface area contributed by atoms with Crippen molar-refractivity contribution >= 4 is 5.91 Å². The Balaban J connectivity index is 1.44. The zero-order valence-electron chi connectivity index (χ0n) is 19.0. The van der Waals surface area contributed by atoms with Gasteiger partial charge in [0.25, 0.3) is 5.56 Å². The van der Waals surface area contributed by atoms with Crippen molar-refractivity contribution in [2.24, 2.45) is 5.92 Å². The van der Waals surface area contributed by atoms with Crippen LogP contribution in [0.5, 0.6) is 0 Å². The maximum Gasteiger partial charge on any atom is 0.251 e. The highest BCUT2D eigenvalue weighted by Gasteiger charge is 2.28. The Morgan fingerprint density at radius 1 is 1.16 bits per heavy atom. The molecule has 32 heavy (non-hydrogen) atoms. The molecule has 2 saturated heterocycles. The van der Waals surface area contributed by atoms with E-state index in [1.807, 2.05) is 30.9 Å². The number of rotatable bonds is 5. The molecule has 0 bridgehead atoms. The smallest absolute Gasteiger partial charge is 0.251 e. The van der Waals surface area contributed by atoms with Gasteiger partial charge in [-0.3, -0.25) is 14.5 Å². The molecule has 0 saturated carbocycles. The van der Waals surface area contributed by atoms with Gasteiger partial charge in [0.15, 0.2) is 0 Å². The number of carbonyl (C=O) groups is 1. The van der Waals surface area contributed by atoms with E-state index in [-0.39, 0.29) is 35.0 Å². The van der Waals surface area contributed by atoms with E-state index in [2.05, 4.69) is 9.88 Å². The van der Waals surface area contributed by atoms with E-state index in [0.29, 0.717) is 25.2 Å². The molecule has 1 amide bonds. The molecule has 2 fully saturated rings. The number of amides is 1. The van der Waals surface area contributed by atoms with Gasteiger partial charge in [0.2, 0.25) is 5.91 Å². The van der Waals surface area contributed by atoms with Crippen molar-refractivity contribution in [3.63, 3.8) is 0 Å². The summed E-state index contributed by atoms with van der Waals surface area (Å²) in [6.45, 7) is 7.52. The number of halogens is 1. The Hall–Kier alpha value is -2.54. The molecule has 2 aliphatic heterocycles. The fourth-order valence-electron chi connectivity index (χ4n) is 4.94. The second kappa shape index (κ2) is 9.94. The highest BCUT2D eigenvalue weighted by molar-refractivity contribution is 5.78. The minimum atomic E-state index is -0.173. The lowest BCUT2D eigenvalue weighted by Gasteiger charge is -2.34. The van der Waals surface area contributed by atoms with E-state index >= 15 is 0 Å². The molecule has 1 aromatic heterocycles. The fraction of sp³-hybridized carbons (Fsp3) is 0.560. The number of nitrogens with zero attached hydrogens (tertiary/aromatic N) is 3. The molecule has 6 nitrogen and oxygen atoms in total. The van der Waals surface area contributed by atoms with E-state index in [0.717, 1.165) is 50.3 Å². The first-order chi connectivity index (χ1) is 15.4. The fourth-order valence-corrected chi connectivity index (χ4v) is 4.94. The first kappa shape index (κ1) is 22.6. The second-order valence-electron chi connectivity index (χ2n) is 9.48. The average Bonchev–Trinajstić information content (AvgIpc) is 2.80. The van der Waals surface area contributed by atoms with E-state index < -0.39 is 0 Å². The standard InChI is InChI=1S/C25H33FN4O2/c1-17(2)25(32)30-12-9-18(10-13-30)24-27-22(14-23(31)28-24)20-7-5-11-29(16-20)15-19-6-3-4-8-21(19)26/h3-4,6,8,14,17-18,20H,5,7,9-13,15-16H2,1-2H3,(H,27,28,31)/t20-/m0/s1. The van der Waals surface area contributed by atoms with Gasteiger partial charge in [0, 0.05) is 55.6 Å². The third kappa shape index (κ3) is 5.26. The van der Waals surface area contributed by atoms with Gasteiger partial charge in [-0.05, 0) is 38.3 Å². The molecular weight excluding hydrogens is 407 g/mol. The van der Waals surface area contributed by atoms with Crippen molar-refractivity contribution in [1.29, 1.82) is 0 Å². The summed E-state index contributed by atoms with van der Waals surface area (Å²) in [5, 5.41) is 0. The van der Waals surface area contributed by atoms with Crippen molar-refractivity contribution < 1.29 is 9.18 Å². The second-order valence-corrected chi connectivity index (χ2v) is 9.48. The molecule has 172 valence electrons. The summed E-state index contributed by atoms with van der Waals surface area (Å²) < 4.78 is 14.1. The summed E-state index contributed by atoms with van der Waals surface area (Å²) in [7, 11) is 0. The van der Waals surface area contributed by atoms with Crippen molar-refractivity contribution in [1.82, 2.24) is 19.8 Å². The number of aromatic nitrogens is 2. The van der Waals surface area contributed by atoms with Crippen LogP contribution in [0, 0.1) is 11.7 Å². The van der Waals surface area contributed by atoms with Gasteiger partial charge in [0.05, 0.1) is 5.69 Å². The van der Waals surface area contributed by atoms with Gasteiger partial charge in [-0.1, -0.05) is 32.0 Å². The number of H-pyrrole nitrogens is 1. The summed E-state index contributed by atoms with van der Waals surface area (Å²) in [6, 6.07) is 8.53. The largest absolute Gasteiger partial charge is 0.342 e. The third-order valence-electron chi connectivity index (χ3n) is 6.74. The Morgan fingerprint density at radius 2 is 1.91 bits per heavy atom. The van der Waals surface area contributed by atoms with E-state index in [1.165, 1.54) is 6.07 Å². The number of hydrogen-bond donors (Lipinski definition) is 1. The SMILES string of the molecule is CC(C)C(=O)N1CCC(c2nc([C@H]3CCCN(Cc4ccccc4F)C3)cc(=O)[nH]2)CC1. The van der Waals surface area contributed by atoms with Crippen molar-refractivity contribution in [3.05, 3.63) is 63.6 Å². The van der Waals surface area contributed by atoms with Crippen LogP contribution in [0.25, 0.3) is 0 Å². The molecule has 0 radical (unpaired) electrons. The van der Waals surface area contributed by atoms with E-state index in [4.69, 9.17) is 4.98 Å². The maximum absolute atomic E-state index is 14.1. The number of likely N-dealkylation sites (tertiary alicyclic amines) is 2. The Kier molecular flexibility index (Phi) is 7.04. The minimum absolute atomic E-state index is 0.00594. The summed E-state index contributed by atoms with van der Waals surface area (Å²) in [6.07, 6.45) is 3.60. The van der Waals surface area contributed by atoms with Gasteiger partial charge < -0.3 is 9.88 Å². The van der Waals surface area contributed by atoms with Crippen molar-refractivity contribution in [3.8, 4) is 0 Å². The monoisotopic (exact) mass is 440 g/mol. The number of benzene rings is 1. The minimum Gasteiger partial charge on any atom is -0.342 e. The van der Waals surface area contributed by atoms with Crippen molar-refractivity contribution in [2.45, 2.75) is 57.9 Å². The molecular formula is C25H33FN4O2. The van der Waals surface area contributed by atoms with Gasteiger partial charge in [0.1, 0.15) is 11.6 Å².